The summed E-state index contributed by atoms with van der Waals surface area (Å²) in [7, 11) is 0. The zero-order chi connectivity index (χ0) is 19.2. The second-order valence-electron chi connectivity index (χ2n) is 7.09. The molecule has 0 bridgehead atoms. The van der Waals surface area contributed by atoms with Gasteiger partial charge in [0, 0.05) is 49.1 Å². The minimum Gasteiger partial charge on any atom is -0.256 e. The van der Waals surface area contributed by atoms with Crippen LogP contribution in [0.2, 0.25) is 0 Å². The molecule has 0 amide bonds. The Kier molecular flexibility index (Phi) is 3.68. The van der Waals surface area contributed by atoms with Crippen molar-refractivity contribution in [1.82, 2.24) is 9.97 Å². The Morgan fingerprint density at radius 2 is 1.45 bits per heavy atom. The lowest BCUT2D eigenvalue weighted by Gasteiger charge is -2.08. The van der Waals surface area contributed by atoms with E-state index < -0.39 is 0 Å². The monoisotopic (exact) mass is 388 g/mol. The van der Waals surface area contributed by atoms with Gasteiger partial charge in [-0.15, -0.1) is 11.3 Å². The highest BCUT2D eigenvalue weighted by Gasteiger charge is 2.12. The Morgan fingerprint density at radius 3 is 2.45 bits per heavy atom. The minimum atomic E-state index is 0.993. The van der Waals surface area contributed by atoms with Gasteiger partial charge in [0.15, 0.2) is 0 Å². The second kappa shape index (κ2) is 6.50. The second-order valence-corrected chi connectivity index (χ2v) is 8.14. The van der Waals surface area contributed by atoms with Gasteiger partial charge in [-0.2, -0.15) is 0 Å². The van der Waals surface area contributed by atoms with Gasteiger partial charge in [-0.3, -0.25) is 9.97 Å². The van der Waals surface area contributed by atoms with Crippen molar-refractivity contribution < 1.29 is 0 Å². The molecule has 0 aliphatic carbocycles. The van der Waals surface area contributed by atoms with Gasteiger partial charge in [-0.25, -0.2) is 0 Å². The average Bonchev–Trinajstić information content (AvgIpc) is 3.18. The number of para-hydroxylation sites is 1. The van der Waals surface area contributed by atoms with E-state index in [1.165, 1.54) is 25.7 Å². The molecule has 0 atom stereocenters. The van der Waals surface area contributed by atoms with E-state index in [9.17, 15) is 0 Å². The average molecular weight is 388 g/mol. The molecule has 0 aliphatic rings. The largest absolute Gasteiger partial charge is 0.256 e. The lowest BCUT2D eigenvalue weighted by molar-refractivity contribution is 1.33. The van der Waals surface area contributed by atoms with E-state index in [4.69, 9.17) is 4.98 Å². The summed E-state index contributed by atoms with van der Waals surface area (Å²) in [5.74, 6) is 0. The van der Waals surface area contributed by atoms with Crippen molar-refractivity contribution in [3.05, 3.63) is 97.3 Å². The van der Waals surface area contributed by atoms with Crippen LogP contribution < -0.4 is 0 Å². The molecule has 3 aromatic carbocycles. The van der Waals surface area contributed by atoms with Crippen molar-refractivity contribution in [2.45, 2.75) is 0 Å². The van der Waals surface area contributed by atoms with Crippen LogP contribution in [0.3, 0.4) is 0 Å². The zero-order valence-electron chi connectivity index (χ0n) is 15.5. The SMILES string of the molecule is c1cnc2c(-c3ccnc(-c4cccc5c4sc4ccccc45)c3)cccc2c1. The Morgan fingerprint density at radius 1 is 0.621 bits per heavy atom. The standard InChI is InChI=1S/C26H16N2S/c1-2-12-24-20(8-1)21-10-4-11-22(26(21)29-24)23-16-18(13-15-27-23)19-9-3-6-17-7-5-14-28-25(17)19/h1-16H. The van der Waals surface area contributed by atoms with Gasteiger partial charge in [0.05, 0.1) is 11.2 Å². The lowest BCUT2D eigenvalue weighted by atomic mass is 10.00. The van der Waals surface area contributed by atoms with E-state index in [1.807, 2.05) is 29.8 Å². The summed E-state index contributed by atoms with van der Waals surface area (Å²) in [6, 6.07) is 29.8. The molecule has 0 N–H and O–H groups in total. The molecule has 0 saturated carbocycles. The maximum Gasteiger partial charge on any atom is 0.0780 e. The third-order valence-electron chi connectivity index (χ3n) is 5.38. The molecular weight excluding hydrogens is 372 g/mol. The molecule has 0 spiro atoms. The molecule has 3 heteroatoms. The van der Waals surface area contributed by atoms with Gasteiger partial charge in [0.2, 0.25) is 0 Å². The Bertz CT molecular complexity index is 1510. The number of nitrogens with zero attached hydrogens (tertiary/aromatic N) is 2. The number of aromatic nitrogens is 2. The van der Waals surface area contributed by atoms with Gasteiger partial charge in [-0.1, -0.05) is 60.7 Å². The number of rotatable bonds is 2. The van der Waals surface area contributed by atoms with Crippen LogP contribution in [0.4, 0.5) is 0 Å². The number of pyridine rings is 2. The molecule has 0 unspecified atom stereocenters. The van der Waals surface area contributed by atoms with Crippen LogP contribution in [0.1, 0.15) is 0 Å². The summed E-state index contributed by atoms with van der Waals surface area (Å²) in [6.07, 6.45) is 3.75. The Balaban J connectivity index is 1.58. The number of hydrogen-bond acceptors (Lipinski definition) is 3. The summed E-state index contributed by atoms with van der Waals surface area (Å²) in [5.41, 5.74) is 5.46. The summed E-state index contributed by atoms with van der Waals surface area (Å²) < 4.78 is 2.60. The van der Waals surface area contributed by atoms with E-state index in [-0.39, 0.29) is 0 Å². The van der Waals surface area contributed by atoms with Crippen LogP contribution in [0.5, 0.6) is 0 Å². The van der Waals surface area contributed by atoms with E-state index in [0.717, 1.165) is 27.7 Å². The van der Waals surface area contributed by atoms with Gasteiger partial charge in [0.1, 0.15) is 0 Å². The first-order chi connectivity index (χ1) is 14.4. The predicted molar refractivity (Wildman–Crippen MR) is 123 cm³/mol. The fourth-order valence-electron chi connectivity index (χ4n) is 4.03. The van der Waals surface area contributed by atoms with Crippen molar-refractivity contribution in [3.63, 3.8) is 0 Å². The fraction of sp³-hybridized carbons (Fsp3) is 0. The molecule has 29 heavy (non-hydrogen) atoms. The van der Waals surface area contributed by atoms with Crippen molar-refractivity contribution in [2.24, 2.45) is 0 Å². The molecule has 0 aliphatic heterocycles. The number of fused-ring (bicyclic) bond motifs is 4. The third-order valence-corrected chi connectivity index (χ3v) is 6.60. The molecule has 136 valence electrons. The number of thiophene rings is 1. The molecule has 3 heterocycles. The van der Waals surface area contributed by atoms with Gasteiger partial charge in [0.25, 0.3) is 0 Å². The summed E-state index contributed by atoms with van der Waals surface area (Å²) >= 11 is 1.84. The summed E-state index contributed by atoms with van der Waals surface area (Å²) in [6.45, 7) is 0. The van der Waals surface area contributed by atoms with Crippen molar-refractivity contribution >= 4 is 42.4 Å². The molecule has 6 aromatic rings. The molecule has 6 rings (SSSR count). The number of benzene rings is 3. The third kappa shape index (κ3) is 2.63. The van der Waals surface area contributed by atoms with Crippen molar-refractivity contribution in [3.8, 4) is 22.4 Å². The minimum absolute atomic E-state index is 0.993. The van der Waals surface area contributed by atoms with Gasteiger partial charge >= 0.3 is 0 Å². The lowest BCUT2D eigenvalue weighted by Crippen LogP contribution is -1.88. The number of hydrogen-bond donors (Lipinski definition) is 0. The van der Waals surface area contributed by atoms with Gasteiger partial charge in [-0.05, 0) is 29.8 Å². The van der Waals surface area contributed by atoms with Crippen LogP contribution in [0, 0.1) is 0 Å². The van der Waals surface area contributed by atoms with Gasteiger partial charge < -0.3 is 0 Å². The summed E-state index contributed by atoms with van der Waals surface area (Å²) in [5, 5.41) is 3.75. The maximum absolute atomic E-state index is 4.72. The van der Waals surface area contributed by atoms with E-state index in [1.54, 1.807) is 0 Å². The molecule has 0 fully saturated rings. The molecule has 0 saturated heterocycles. The molecular formula is C26H16N2S. The van der Waals surface area contributed by atoms with Crippen LogP contribution in [0.25, 0.3) is 53.5 Å². The zero-order valence-corrected chi connectivity index (χ0v) is 16.4. The first-order valence-corrected chi connectivity index (χ1v) is 10.4. The highest BCUT2D eigenvalue weighted by atomic mass is 32.1. The van der Waals surface area contributed by atoms with Crippen molar-refractivity contribution in [1.29, 1.82) is 0 Å². The normalized spacial score (nSPS) is 11.4. The fourth-order valence-corrected chi connectivity index (χ4v) is 5.26. The van der Waals surface area contributed by atoms with E-state index in [0.29, 0.717) is 0 Å². The smallest absolute Gasteiger partial charge is 0.0780 e. The Hall–Kier alpha value is -3.56. The molecule has 2 nitrogen and oxygen atoms in total. The van der Waals surface area contributed by atoms with Crippen LogP contribution in [-0.4, -0.2) is 9.97 Å². The van der Waals surface area contributed by atoms with Crippen LogP contribution in [-0.2, 0) is 0 Å². The summed E-state index contributed by atoms with van der Waals surface area (Å²) in [4.78, 5) is 9.34. The van der Waals surface area contributed by atoms with E-state index in [2.05, 4.69) is 83.8 Å². The maximum atomic E-state index is 4.72. The quantitative estimate of drug-likeness (QED) is 0.310. The first kappa shape index (κ1) is 16.4. The highest BCUT2D eigenvalue weighted by molar-refractivity contribution is 7.26. The van der Waals surface area contributed by atoms with Crippen LogP contribution in [0.15, 0.2) is 97.3 Å². The molecule has 0 radical (unpaired) electrons. The van der Waals surface area contributed by atoms with Crippen LogP contribution >= 0.6 is 11.3 Å². The first-order valence-electron chi connectivity index (χ1n) is 9.59. The predicted octanol–water partition coefficient (Wildman–Crippen LogP) is 7.33. The van der Waals surface area contributed by atoms with E-state index >= 15 is 0 Å². The topological polar surface area (TPSA) is 25.8 Å². The molecule has 3 aromatic heterocycles. The Labute approximate surface area is 172 Å². The van der Waals surface area contributed by atoms with Crippen molar-refractivity contribution in [2.75, 3.05) is 0 Å². The highest BCUT2D eigenvalue weighted by Crippen LogP contribution is 2.40.